The molecular formula is C24H24O6S. The molecule has 1 heterocycles. The van der Waals surface area contributed by atoms with Gasteiger partial charge in [-0.05, 0) is 41.8 Å². The largest absolute Gasteiger partial charge is 0.496 e. The fourth-order valence-electron chi connectivity index (χ4n) is 3.16. The topological polar surface area (TPSA) is 63.2 Å². The van der Waals surface area contributed by atoms with Gasteiger partial charge in [-0.1, -0.05) is 6.07 Å². The number of ether oxygens (including phenoxy) is 5. The predicted molar refractivity (Wildman–Crippen MR) is 122 cm³/mol. The summed E-state index contributed by atoms with van der Waals surface area (Å²) in [4.78, 5) is 13.9. The van der Waals surface area contributed by atoms with Gasteiger partial charge in [0.05, 0.1) is 35.5 Å². The first-order chi connectivity index (χ1) is 15.1. The smallest absolute Gasteiger partial charge is 0.203 e. The first kappa shape index (κ1) is 22.2. The summed E-state index contributed by atoms with van der Waals surface area (Å²) in [5.41, 5.74) is 2.10. The van der Waals surface area contributed by atoms with Gasteiger partial charge in [-0.2, -0.15) is 0 Å². The number of hydrogen-bond donors (Lipinski definition) is 0. The van der Waals surface area contributed by atoms with Crippen LogP contribution in [0.4, 0.5) is 0 Å². The Bertz CT molecular complexity index is 1060. The second-order valence-electron chi connectivity index (χ2n) is 6.38. The Morgan fingerprint density at radius 3 is 1.97 bits per heavy atom. The van der Waals surface area contributed by atoms with E-state index < -0.39 is 0 Å². The summed E-state index contributed by atoms with van der Waals surface area (Å²) in [5, 5.41) is 2.00. The molecular weight excluding hydrogens is 416 g/mol. The van der Waals surface area contributed by atoms with Crippen molar-refractivity contribution in [1.82, 2.24) is 0 Å². The number of allylic oxidation sites excluding steroid dienone is 1. The van der Waals surface area contributed by atoms with Crippen molar-refractivity contribution in [2.24, 2.45) is 0 Å². The van der Waals surface area contributed by atoms with E-state index in [0.29, 0.717) is 34.3 Å². The minimum Gasteiger partial charge on any atom is -0.496 e. The zero-order chi connectivity index (χ0) is 22.4. The van der Waals surface area contributed by atoms with Crippen LogP contribution < -0.4 is 23.7 Å². The van der Waals surface area contributed by atoms with E-state index in [1.807, 2.05) is 29.6 Å². The van der Waals surface area contributed by atoms with E-state index in [4.69, 9.17) is 23.7 Å². The number of ketones is 1. The lowest BCUT2D eigenvalue weighted by Gasteiger charge is -2.13. The molecule has 0 amide bonds. The SMILES string of the molecule is COc1cc(OC)c(-c2cccs2)cc1/C=C/C(=O)c1cc(OC)c(OC)c(OC)c1. The summed E-state index contributed by atoms with van der Waals surface area (Å²) >= 11 is 1.61. The molecule has 0 aliphatic carbocycles. The van der Waals surface area contributed by atoms with E-state index in [1.54, 1.807) is 43.8 Å². The van der Waals surface area contributed by atoms with Crippen molar-refractivity contribution in [1.29, 1.82) is 0 Å². The molecule has 0 aliphatic heterocycles. The van der Waals surface area contributed by atoms with Gasteiger partial charge in [0.25, 0.3) is 0 Å². The number of carbonyl (C=O) groups excluding carboxylic acids is 1. The Morgan fingerprint density at radius 1 is 0.806 bits per heavy atom. The van der Waals surface area contributed by atoms with Crippen LogP contribution in [0.15, 0.2) is 47.9 Å². The zero-order valence-electron chi connectivity index (χ0n) is 18.1. The van der Waals surface area contributed by atoms with Crippen molar-refractivity contribution in [3.05, 3.63) is 59.0 Å². The fourth-order valence-corrected chi connectivity index (χ4v) is 3.91. The molecule has 0 saturated heterocycles. The van der Waals surface area contributed by atoms with E-state index >= 15 is 0 Å². The van der Waals surface area contributed by atoms with Crippen LogP contribution in [0.1, 0.15) is 15.9 Å². The molecule has 0 radical (unpaired) electrons. The highest BCUT2D eigenvalue weighted by Gasteiger charge is 2.17. The molecule has 0 N–H and O–H groups in total. The summed E-state index contributed by atoms with van der Waals surface area (Å²) < 4.78 is 27.0. The van der Waals surface area contributed by atoms with Crippen molar-refractivity contribution in [3.63, 3.8) is 0 Å². The summed E-state index contributed by atoms with van der Waals surface area (Å²) in [6.07, 6.45) is 3.21. The van der Waals surface area contributed by atoms with Gasteiger partial charge in [0.2, 0.25) is 5.75 Å². The predicted octanol–water partition coefficient (Wildman–Crippen LogP) is 5.35. The lowest BCUT2D eigenvalue weighted by atomic mass is 10.0. The molecule has 162 valence electrons. The standard InChI is InChI=1S/C24H24O6S/c1-26-19-14-20(27-2)17(23-7-6-10-31-23)11-15(19)8-9-18(25)16-12-21(28-3)24(30-5)22(13-16)29-4/h6-14H,1-5H3/b9-8+. The molecule has 0 saturated carbocycles. The van der Waals surface area contributed by atoms with Crippen LogP contribution in [-0.4, -0.2) is 41.3 Å². The summed E-state index contributed by atoms with van der Waals surface area (Å²) in [6, 6.07) is 11.0. The van der Waals surface area contributed by atoms with Crippen LogP contribution in [0.3, 0.4) is 0 Å². The quantitative estimate of drug-likeness (QED) is 0.330. The van der Waals surface area contributed by atoms with Crippen LogP contribution >= 0.6 is 11.3 Å². The van der Waals surface area contributed by atoms with Gasteiger partial charge >= 0.3 is 0 Å². The summed E-state index contributed by atoms with van der Waals surface area (Å²) in [5.74, 6) is 2.36. The molecule has 6 nitrogen and oxygen atoms in total. The van der Waals surface area contributed by atoms with Crippen LogP contribution in [0, 0.1) is 0 Å². The highest BCUT2D eigenvalue weighted by Crippen LogP contribution is 2.40. The lowest BCUT2D eigenvalue weighted by Crippen LogP contribution is -2.00. The van der Waals surface area contributed by atoms with Crippen LogP contribution in [0.5, 0.6) is 28.7 Å². The van der Waals surface area contributed by atoms with E-state index in [1.165, 1.54) is 27.4 Å². The highest BCUT2D eigenvalue weighted by molar-refractivity contribution is 7.13. The van der Waals surface area contributed by atoms with Crippen LogP contribution in [-0.2, 0) is 0 Å². The Balaban J connectivity index is 1.99. The third-order valence-corrected chi connectivity index (χ3v) is 5.61. The zero-order valence-corrected chi connectivity index (χ0v) is 18.9. The molecule has 1 aromatic heterocycles. The van der Waals surface area contributed by atoms with Crippen molar-refractivity contribution >= 4 is 23.2 Å². The Kier molecular flexibility index (Phi) is 7.20. The second-order valence-corrected chi connectivity index (χ2v) is 7.33. The normalized spacial score (nSPS) is 10.7. The van der Waals surface area contributed by atoms with Gasteiger partial charge in [0, 0.05) is 27.6 Å². The van der Waals surface area contributed by atoms with Gasteiger partial charge in [-0.15, -0.1) is 11.3 Å². The van der Waals surface area contributed by atoms with E-state index in [0.717, 1.165) is 16.0 Å². The number of hydrogen-bond acceptors (Lipinski definition) is 7. The third-order valence-electron chi connectivity index (χ3n) is 4.70. The van der Waals surface area contributed by atoms with E-state index in [2.05, 4.69) is 0 Å². The third kappa shape index (κ3) is 4.67. The van der Waals surface area contributed by atoms with Crippen molar-refractivity contribution in [3.8, 4) is 39.2 Å². The summed E-state index contributed by atoms with van der Waals surface area (Å²) in [7, 11) is 7.74. The molecule has 0 unspecified atom stereocenters. The molecule has 0 bridgehead atoms. The number of rotatable bonds is 9. The second kappa shape index (κ2) is 10.0. The highest BCUT2D eigenvalue weighted by atomic mass is 32.1. The maximum atomic E-state index is 12.9. The lowest BCUT2D eigenvalue weighted by molar-refractivity contribution is 0.104. The first-order valence-corrected chi connectivity index (χ1v) is 10.3. The van der Waals surface area contributed by atoms with Gasteiger partial charge in [-0.25, -0.2) is 0 Å². The van der Waals surface area contributed by atoms with Crippen molar-refractivity contribution in [2.45, 2.75) is 0 Å². The summed E-state index contributed by atoms with van der Waals surface area (Å²) in [6.45, 7) is 0. The van der Waals surface area contributed by atoms with Gasteiger partial charge < -0.3 is 23.7 Å². The molecule has 3 aromatic rings. The van der Waals surface area contributed by atoms with Gasteiger partial charge in [-0.3, -0.25) is 4.79 Å². The molecule has 7 heteroatoms. The Hall–Kier alpha value is -3.45. The molecule has 3 rings (SSSR count). The van der Waals surface area contributed by atoms with E-state index in [9.17, 15) is 4.79 Å². The first-order valence-electron chi connectivity index (χ1n) is 9.38. The van der Waals surface area contributed by atoms with Gasteiger partial charge in [0.15, 0.2) is 17.3 Å². The number of methoxy groups -OCH3 is 5. The van der Waals surface area contributed by atoms with E-state index in [-0.39, 0.29) is 5.78 Å². The Morgan fingerprint density at radius 2 is 1.45 bits per heavy atom. The molecule has 2 aromatic carbocycles. The Labute approximate surface area is 185 Å². The minimum atomic E-state index is -0.213. The number of benzene rings is 2. The molecule has 31 heavy (non-hydrogen) atoms. The average molecular weight is 441 g/mol. The number of carbonyl (C=O) groups is 1. The molecule has 0 atom stereocenters. The molecule has 0 fully saturated rings. The monoisotopic (exact) mass is 440 g/mol. The number of thiophene rings is 1. The molecule has 0 aliphatic rings. The maximum absolute atomic E-state index is 12.9. The maximum Gasteiger partial charge on any atom is 0.203 e. The average Bonchev–Trinajstić information content (AvgIpc) is 3.35. The van der Waals surface area contributed by atoms with Gasteiger partial charge in [0.1, 0.15) is 11.5 Å². The van der Waals surface area contributed by atoms with Crippen LogP contribution in [0.2, 0.25) is 0 Å². The van der Waals surface area contributed by atoms with Crippen LogP contribution in [0.25, 0.3) is 16.5 Å². The van der Waals surface area contributed by atoms with Crippen molar-refractivity contribution in [2.75, 3.05) is 35.5 Å². The minimum absolute atomic E-state index is 0.213. The van der Waals surface area contributed by atoms with Crippen molar-refractivity contribution < 1.29 is 28.5 Å². The fraction of sp³-hybridized carbons (Fsp3) is 0.208. The molecule has 0 spiro atoms.